The van der Waals surface area contributed by atoms with Crippen molar-refractivity contribution >= 4 is 5.69 Å². The number of rotatable bonds is 6. The van der Waals surface area contributed by atoms with Gasteiger partial charge in [0.25, 0.3) is 0 Å². The molecule has 4 nitrogen and oxygen atoms in total. The van der Waals surface area contributed by atoms with Crippen LogP contribution in [-0.2, 0) is 6.54 Å². The van der Waals surface area contributed by atoms with Crippen LogP contribution in [0, 0.1) is 0 Å². The number of aromatic nitrogens is 2. The Morgan fingerprint density at radius 1 is 1.41 bits per heavy atom. The molecule has 0 amide bonds. The molecule has 0 unspecified atom stereocenters. The summed E-state index contributed by atoms with van der Waals surface area (Å²) in [4.78, 5) is 7.02. The van der Waals surface area contributed by atoms with Gasteiger partial charge < -0.3 is 15.0 Å². The van der Waals surface area contributed by atoms with Crippen LogP contribution >= 0.6 is 0 Å². The second-order valence-corrected chi connectivity index (χ2v) is 3.81. The molecule has 1 aromatic heterocycles. The summed E-state index contributed by atoms with van der Waals surface area (Å²) in [6.45, 7) is 3.58. The minimum atomic E-state index is 0.733. The molecule has 1 aromatic carbocycles. The van der Waals surface area contributed by atoms with Crippen LogP contribution in [0.5, 0.6) is 5.75 Å². The van der Waals surface area contributed by atoms with Gasteiger partial charge in [0.1, 0.15) is 5.75 Å². The first kappa shape index (κ1) is 11.5. The van der Waals surface area contributed by atoms with Crippen molar-refractivity contribution in [1.82, 2.24) is 9.97 Å². The van der Waals surface area contributed by atoms with Gasteiger partial charge in [-0.25, -0.2) is 4.98 Å². The molecular formula is C13H17N3O. The van der Waals surface area contributed by atoms with Gasteiger partial charge in [-0.15, -0.1) is 0 Å². The number of H-pyrrole nitrogens is 1. The number of aromatic amines is 1. The van der Waals surface area contributed by atoms with Crippen molar-refractivity contribution in [2.45, 2.75) is 19.9 Å². The van der Waals surface area contributed by atoms with Gasteiger partial charge in [0.05, 0.1) is 25.2 Å². The Hall–Kier alpha value is -1.97. The van der Waals surface area contributed by atoms with Gasteiger partial charge in [0.15, 0.2) is 0 Å². The molecule has 2 N–H and O–H groups in total. The fourth-order valence-corrected chi connectivity index (χ4v) is 1.49. The van der Waals surface area contributed by atoms with Gasteiger partial charge in [-0.3, -0.25) is 0 Å². The second-order valence-electron chi connectivity index (χ2n) is 3.81. The predicted molar refractivity (Wildman–Crippen MR) is 68.1 cm³/mol. The third kappa shape index (κ3) is 3.52. The number of ether oxygens (including phenoxy) is 1. The van der Waals surface area contributed by atoms with E-state index in [4.69, 9.17) is 4.74 Å². The summed E-state index contributed by atoms with van der Waals surface area (Å²) in [6.07, 6.45) is 4.51. The molecule has 0 saturated heterocycles. The standard InChI is InChI=1S/C13H17N3O/c1-2-6-17-13-5-3-4-11(7-13)15-9-12-8-14-10-16-12/h3-5,7-8,10,15H,2,6,9H2,1H3,(H,14,16). The van der Waals surface area contributed by atoms with Crippen LogP contribution in [-0.4, -0.2) is 16.6 Å². The Kier molecular flexibility index (Phi) is 4.02. The lowest BCUT2D eigenvalue weighted by molar-refractivity contribution is 0.317. The summed E-state index contributed by atoms with van der Waals surface area (Å²) in [6, 6.07) is 7.98. The maximum absolute atomic E-state index is 5.57. The molecule has 0 atom stereocenters. The zero-order chi connectivity index (χ0) is 11.9. The number of nitrogens with one attached hydrogen (secondary N) is 2. The molecule has 0 fully saturated rings. The van der Waals surface area contributed by atoms with Gasteiger partial charge in [-0.2, -0.15) is 0 Å². The topological polar surface area (TPSA) is 49.9 Å². The normalized spacial score (nSPS) is 10.2. The van der Waals surface area contributed by atoms with Gasteiger partial charge in [-0.05, 0) is 18.6 Å². The fourth-order valence-electron chi connectivity index (χ4n) is 1.49. The average molecular weight is 231 g/mol. The van der Waals surface area contributed by atoms with Crippen molar-refractivity contribution in [2.75, 3.05) is 11.9 Å². The molecule has 0 spiro atoms. The predicted octanol–water partition coefficient (Wildman–Crippen LogP) is 2.81. The van der Waals surface area contributed by atoms with Crippen LogP contribution < -0.4 is 10.1 Å². The molecule has 2 aromatic rings. The average Bonchev–Trinajstić information content (AvgIpc) is 2.87. The molecule has 1 heterocycles. The number of imidazole rings is 1. The van der Waals surface area contributed by atoms with Gasteiger partial charge in [0.2, 0.25) is 0 Å². The van der Waals surface area contributed by atoms with Crippen molar-refractivity contribution in [1.29, 1.82) is 0 Å². The van der Waals surface area contributed by atoms with E-state index < -0.39 is 0 Å². The van der Waals surface area contributed by atoms with E-state index in [1.807, 2.05) is 30.5 Å². The molecule has 4 heteroatoms. The summed E-state index contributed by atoms with van der Waals surface area (Å²) in [5, 5.41) is 3.31. The van der Waals surface area contributed by atoms with E-state index in [0.717, 1.165) is 36.7 Å². The Morgan fingerprint density at radius 2 is 2.35 bits per heavy atom. The van der Waals surface area contributed by atoms with Crippen molar-refractivity contribution in [2.24, 2.45) is 0 Å². The summed E-state index contributed by atoms with van der Waals surface area (Å²) in [5.74, 6) is 0.904. The highest BCUT2D eigenvalue weighted by molar-refractivity contribution is 5.48. The molecular weight excluding hydrogens is 214 g/mol. The third-order valence-corrected chi connectivity index (χ3v) is 2.34. The van der Waals surface area contributed by atoms with Crippen LogP contribution in [0.4, 0.5) is 5.69 Å². The zero-order valence-electron chi connectivity index (χ0n) is 9.94. The molecule has 0 aliphatic carbocycles. The summed E-state index contributed by atoms with van der Waals surface area (Å²) < 4.78 is 5.57. The number of benzene rings is 1. The number of hydrogen-bond donors (Lipinski definition) is 2. The van der Waals surface area contributed by atoms with Crippen LogP contribution in [0.1, 0.15) is 19.0 Å². The third-order valence-electron chi connectivity index (χ3n) is 2.34. The minimum absolute atomic E-state index is 0.733. The molecule has 0 bridgehead atoms. The largest absolute Gasteiger partial charge is 0.494 e. The van der Waals surface area contributed by atoms with E-state index in [2.05, 4.69) is 22.2 Å². The minimum Gasteiger partial charge on any atom is -0.494 e. The molecule has 17 heavy (non-hydrogen) atoms. The van der Waals surface area contributed by atoms with Crippen molar-refractivity contribution in [3.8, 4) is 5.75 Å². The lowest BCUT2D eigenvalue weighted by Crippen LogP contribution is -2.00. The summed E-state index contributed by atoms with van der Waals surface area (Å²) in [5.41, 5.74) is 2.11. The monoisotopic (exact) mass is 231 g/mol. The van der Waals surface area contributed by atoms with Crippen LogP contribution in [0.15, 0.2) is 36.8 Å². The van der Waals surface area contributed by atoms with E-state index in [-0.39, 0.29) is 0 Å². The highest BCUT2D eigenvalue weighted by Gasteiger charge is 1.97. The van der Waals surface area contributed by atoms with Gasteiger partial charge >= 0.3 is 0 Å². The number of nitrogens with zero attached hydrogens (tertiary/aromatic N) is 1. The number of anilines is 1. The highest BCUT2D eigenvalue weighted by Crippen LogP contribution is 2.17. The van der Waals surface area contributed by atoms with Crippen molar-refractivity contribution in [3.63, 3.8) is 0 Å². The summed E-state index contributed by atoms with van der Waals surface area (Å²) >= 11 is 0. The Labute approximate surface area is 101 Å². The number of hydrogen-bond acceptors (Lipinski definition) is 3. The maximum atomic E-state index is 5.57. The lowest BCUT2D eigenvalue weighted by Gasteiger charge is -2.08. The molecule has 0 aliphatic rings. The smallest absolute Gasteiger partial charge is 0.121 e. The van der Waals surface area contributed by atoms with E-state index in [9.17, 15) is 0 Å². The van der Waals surface area contributed by atoms with E-state index in [1.54, 1.807) is 6.33 Å². The summed E-state index contributed by atoms with van der Waals surface area (Å²) in [7, 11) is 0. The van der Waals surface area contributed by atoms with Gasteiger partial charge in [-0.1, -0.05) is 13.0 Å². The Bertz CT molecular complexity index is 440. The van der Waals surface area contributed by atoms with E-state index in [1.165, 1.54) is 0 Å². The molecule has 0 radical (unpaired) electrons. The quantitative estimate of drug-likeness (QED) is 0.803. The first-order valence-corrected chi connectivity index (χ1v) is 5.82. The Balaban J connectivity index is 1.91. The first-order valence-electron chi connectivity index (χ1n) is 5.82. The highest BCUT2D eigenvalue weighted by atomic mass is 16.5. The molecule has 2 rings (SSSR count). The Morgan fingerprint density at radius 3 is 3.12 bits per heavy atom. The van der Waals surface area contributed by atoms with Gasteiger partial charge in [0, 0.05) is 18.0 Å². The van der Waals surface area contributed by atoms with E-state index >= 15 is 0 Å². The lowest BCUT2D eigenvalue weighted by atomic mass is 10.3. The van der Waals surface area contributed by atoms with E-state index in [0.29, 0.717) is 0 Å². The van der Waals surface area contributed by atoms with Crippen LogP contribution in [0.25, 0.3) is 0 Å². The molecule has 0 saturated carbocycles. The SMILES string of the molecule is CCCOc1cccc(NCc2cnc[nH]2)c1. The zero-order valence-corrected chi connectivity index (χ0v) is 9.94. The van der Waals surface area contributed by atoms with Crippen molar-refractivity contribution in [3.05, 3.63) is 42.5 Å². The van der Waals surface area contributed by atoms with Crippen LogP contribution in [0.3, 0.4) is 0 Å². The molecule has 90 valence electrons. The maximum Gasteiger partial charge on any atom is 0.121 e. The van der Waals surface area contributed by atoms with Crippen LogP contribution in [0.2, 0.25) is 0 Å². The molecule has 0 aliphatic heterocycles. The second kappa shape index (κ2) is 5.94. The first-order chi connectivity index (χ1) is 8.38. The fraction of sp³-hybridized carbons (Fsp3) is 0.308. The van der Waals surface area contributed by atoms with Crippen molar-refractivity contribution < 1.29 is 4.74 Å².